The van der Waals surface area contributed by atoms with Crippen LogP contribution in [0, 0.1) is 0 Å². The number of pyridine rings is 1. The summed E-state index contributed by atoms with van der Waals surface area (Å²) in [6.07, 6.45) is 3.17. The largest absolute Gasteiger partial charge is 0.497 e. The van der Waals surface area contributed by atoms with E-state index in [0.29, 0.717) is 6.42 Å². The summed E-state index contributed by atoms with van der Waals surface area (Å²) in [5.74, 6) is 0.790. The summed E-state index contributed by atoms with van der Waals surface area (Å²) in [4.78, 5) is 4.38. The van der Waals surface area contributed by atoms with Crippen molar-refractivity contribution in [3.8, 4) is 5.75 Å². The molecule has 3 nitrogen and oxygen atoms in total. The fourth-order valence-electron chi connectivity index (χ4n) is 2.93. The van der Waals surface area contributed by atoms with Crippen molar-refractivity contribution in [1.82, 2.24) is 4.98 Å². The van der Waals surface area contributed by atoms with Crippen LogP contribution in [0.25, 0.3) is 0 Å². The predicted molar refractivity (Wildman–Crippen MR) is 84.5 cm³/mol. The summed E-state index contributed by atoms with van der Waals surface area (Å²) in [5, 5.41) is 11.3. The lowest BCUT2D eigenvalue weighted by Crippen LogP contribution is -2.33. The Morgan fingerprint density at radius 1 is 1.19 bits per heavy atom. The molecule has 0 fully saturated rings. The van der Waals surface area contributed by atoms with Crippen molar-refractivity contribution in [2.24, 2.45) is 0 Å². The highest BCUT2D eigenvalue weighted by Crippen LogP contribution is 2.41. The van der Waals surface area contributed by atoms with E-state index in [0.717, 1.165) is 23.4 Å². The van der Waals surface area contributed by atoms with E-state index in [9.17, 15) is 5.11 Å². The third-order valence-corrected chi connectivity index (χ3v) is 4.13. The van der Waals surface area contributed by atoms with Crippen molar-refractivity contribution >= 4 is 0 Å². The van der Waals surface area contributed by atoms with Crippen LogP contribution in [-0.2, 0) is 5.60 Å². The van der Waals surface area contributed by atoms with E-state index in [-0.39, 0.29) is 5.92 Å². The summed E-state index contributed by atoms with van der Waals surface area (Å²) >= 11 is 0. The summed E-state index contributed by atoms with van der Waals surface area (Å²) < 4.78 is 5.30. The van der Waals surface area contributed by atoms with E-state index >= 15 is 0 Å². The van der Waals surface area contributed by atoms with E-state index in [4.69, 9.17) is 4.74 Å². The number of methoxy groups -OCH3 is 1. The molecule has 0 saturated heterocycles. The molecule has 1 heterocycles. The van der Waals surface area contributed by atoms with Gasteiger partial charge in [-0.3, -0.25) is 4.98 Å². The maximum atomic E-state index is 11.3. The van der Waals surface area contributed by atoms with Crippen LogP contribution in [0.3, 0.4) is 0 Å². The number of hydrogen-bond donors (Lipinski definition) is 1. The first-order valence-corrected chi connectivity index (χ1v) is 7.43. The van der Waals surface area contributed by atoms with Gasteiger partial charge in [0.15, 0.2) is 0 Å². The van der Waals surface area contributed by atoms with Gasteiger partial charge in [-0.05, 0) is 42.7 Å². The first-order valence-electron chi connectivity index (χ1n) is 7.43. The van der Waals surface area contributed by atoms with Gasteiger partial charge in [-0.1, -0.05) is 32.0 Å². The maximum absolute atomic E-state index is 11.3. The standard InChI is InChI=1S/C18H23NO2/c1-4-16(14-9-8-10-15(13-14)21-3)18(20,5-2)17-11-6-7-12-19-17/h6-13,16,20H,4-5H2,1-3H3/t16-,18-/m1/s1. The normalized spacial score (nSPS) is 15.2. The monoisotopic (exact) mass is 285 g/mol. The first-order chi connectivity index (χ1) is 10.2. The summed E-state index contributed by atoms with van der Waals surface area (Å²) in [7, 11) is 1.66. The predicted octanol–water partition coefficient (Wildman–Crippen LogP) is 3.88. The molecule has 0 spiro atoms. The topological polar surface area (TPSA) is 42.4 Å². The Labute approximate surface area is 126 Å². The molecule has 0 aliphatic rings. The van der Waals surface area contributed by atoms with Crippen molar-refractivity contribution in [1.29, 1.82) is 0 Å². The Kier molecular flexibility index (Phi) is 4.97. The maximum Gasteiger partial charge on any atom is 0.119 e. The van der Waals surface area contributed by atoms with E-state index in [2.05, 4.69) is 11.9 Å². The molecule has 2 atom stereocenters. The van der Waals surface area contributed by atoms with Gasteiger partial charge in [-0.25, -0.2) is 0 Å². The number of nitrogens with zero attached hydrogens (tertiary/aromatic N) is 1. The van der Waals surface area contributed by atoms with Crippen molar-refractivity contribution in [2.45, 2.75) is 38.2 Å². The molecule has 1 aromatic heterocycles. The molecule has 3 heteroatoms. The lowest BCUT2D eigenvalue weighted by molar-refractivity contribution is -0.00268. The molecule has 0 amide bonds. The molecule has 1 N–H and O–H groups in total. The summed E-state index contributed by atoms with van der Waals surface area (Å²) in [6.45, 7) is 4.09. The van der Waals surface area contributed by atoms with Gasteiger partial charge >= 0.3 is 0 Å². The fraction of sp³-hybridized carbons (Fsp3) is 0.389. The van der Waals surface area contributed by atoms with E-state index in [1.54, 1.807) is 13.3 Å². The SMILES string of the molecule is CC[C@H](c1cccc(OC)c1)[C@](O)(CC)c1ccccn1. The van der Waals surface area contributed by atoms with Crippen LogP contribution in [0.5, 0.6) is 5.75 Å². The quantitative estimate of drug-likeness (QED) is 0.875. The van der Waals surface area contributed by atoms with Crippen molar-refractivity contribution < 1.29 is 9.84 Å². The van der Waals surface area contributed by atoms with Gasteiger partial charge in [0.2, 0.25) is 0 Å². The average molecular weight is 285 g/mol. The minimum atomic E-state index is -0.970. The first kappa shape index (κ1) is 15.5. The highest BCUT2D eigenvalue weighted by molar-refractivity contribution is 5.34. The molecule has 2 rings (SSSR count). The Hall–Kier alpha value is -1.87. The molecule has 0 radical (unpaired) electrons. The zero-order chi connectivity index (χ0) is 15.3. The molecule has 112 valence electrons. The summed E-state index contributed by atoms with van der Waals surface area (Å²) in [5.41, 5.74) is 0.830. The molecule has 0 aliphatic heterocycles. The Morgan fingerprint density at radius 2 is 2.00 bits per heavy atom. The zero-order valence-corrected chi connectivity index (χ0v) is 12.9. The van der Waals surface area contributed by atoms with Crippen LogP contribution in [0.1, 0.15) is 43.9 Å². The van der Waals surface area contributed by atoms with E-state index < -0.39 is 5.60 Å². The van der Waals surface area contributed by atoms with Crippen LogP contribution < -0.4 is 4.74 Å². The number of ether oxygens (including phenoxy) is 1. The second-order valence-corrected chi connectivity index (χ2v) is 5.23. The third-order valence-electron chi connectivity index (χ3n) is 4.13. The van der Waals surface area contributed by atoms with Gasteiger partial charge < -0.3 is 9.84 Å². The molecular formula is C18H23NO2. The third kappa shape index (κ3) is 3.08. The number of hydrogen-bond acceptors (Lipinski definition) is 3. The molecule has 0 bridgehead atoms. The Bertz CT molecular complexity index is 570. The average Bonchev–Trinajstić information content (AvgIpc) is 2.56. The number of aromatic nitrogens is 1. The minimum Gasteiger partial charge on any atom is -0.497 e. The molecule has 2 aromatic rings. The van der Waals surface area contributed by atoms with Gasteiger partial charge in [-0.15, -0.1) is 0 Å². The molecule has 0 saturated carbocycles. The van der Waals surface area contributed by atoms with Gasteiger partial charge in [0, 0.05) is 12.1 Å². The zero-order valence-electron chi connectivity index (χ0n) is 12.9. The van der Waals surface area contributed by atoms with Crippen LogP contribution in [0.2, 0.25) is 0 Å². The van der Waals surface area contributed by atoms with Crippen LogP contribution in [0.4, 0.5) is 0 Å². The number of benzene rings is 1. The molecule has 1 aromatic carbocycles. The van der Waals surface area contributed by atoms with Crippen LogP contribution in [-0.4, -0.2) is 17.2 Å². The minimum absolute atomic E-state index is 0.0208. The van der Waals surface area contributed by atoms with E-state index in [1.165, 1.54) is 0 Å². The summed E-state index contributed by atoms with van der Waals surface area (Å²) in [6, 6.07) is 13.6. The molecule has 0 aliphatic carbocycles. The lowest BCUT2D eigenvalue weighted by Gasteiger charge is -2.35. The van der Waals surface area contributed by atoms with Crippen molar-refractivity contribution in [2.75, 3.05) is 7.11 Å². The van der Waals surface area contributed by atoms with Gasteiger partial charge in [-0.2, -0.15) is 0 Å². The van der Waals surface area contributed by atoms with E-state index in [1.807, 2.05) is 49.4 Å². The van der Waals surface area contributed by atoms with Gasteiger partial charge in [0.25, 0.3) is 0 Å². The van der Waals surface area contributed by atoms with Crippen molar-refractivity contribution in [3.05, 3.63) is 59.9 Å². The number of rotatable bonds is 6. The second-order valence-electron chi connectivity index (χ2n) is 5.23. The smallest absolute Gasteiger partial charge is 0.119 e. The molecule has 21 heavy (non-hydrogen) atoms. The van der Waals surface area contributed by atoms with Gasteiger partial charge in [0.05, 0.1) is 12.8 Å². The van der Waals surface area contributed by atoms with Crippen LogP contribution in [0.15, 0.2) is 48.7 Å². The highest BCUT2D eigenvalue weighted by Gasteiger charge is 2.38. The highest BCUT2D eigenvalue weighted by atomic mass is 16.5. The van der Waals surface area contributed by atoms with Gasteiger partial charge in [0.1, 0.15) is 11.4 Å². The Morgan fingerprint density at radius 3 is 2.57 bits per heavy atom. The Balaban J connectivity index is 2.46. The van der Waals surface area contributed by atoms with Crippen LogP contribution >= 0.6 is 0 Å². The lowest BCUT2D eigenvalue weighted by atomic mass is 9.76. The molecular weight excluding hydrogens is 262 g/mol. The van der Waals surface area contributed by atoms with Crippen molar-refractivity contribution in [3.63, 3.8) is 0 Å². The molecule has 0 unspecified atom stereocenters. The fourth-order valence-corrected chi connectivity index (χ4v) is 2.93. The number of aliphatic hydroxyl groups is 1. The second kappa shape index (κ2) is 6.72.